The zero-order chi connectivity index (χ0) is 17.9. The Bertz CT molecular complexity index is 653. The number of nitrogens with zero attached hydrogens (tertiary/aromatic N) is 1. The predicted molar refractivity (Wildman–Crippen MR) is 93.1 cm³/mol. The van der Waals surface area contributed by atoms with E-state index in [1.54, 1.807) is 4.90 Å². The van der Waals surface area contributed by atoms with E-state index >= 15 is 0 Å². The molecular weight excluding hydrogens is 320 g/mol. The molecule has 1 heterocycles. The predicted octanol–water partition coefficient (Wildman–Crippen LogP) is 2.33. The molecular formula is C19H24N2O4. The molecule has 25 heavy (non-hydrogen) atoms. The van der Waals surface area contributed by atoms with Crippen LogP contribution in [0.4, 0.5) is 5.69 Å². The zero-order valence-electron chi connectivity index (χ0n) is 14.2. The molecule has 1 saturated carbocycles. The van der Waals surface area contributed by atoms with E-state index in [0.29, 0.717) is 6.54 Å². The van der Waals surface area contributed by atoms with Gasteiger partial charge in [0.1, 0.15) is 0 Å². The molecule has 2 N–H and O–H groups in total. The number of para-hydroxylation sites is 1. The summed E-state index contributed by atoms with van der Waals surface area (Å²) >= 11 is 0. The first kappa shape index (κ1) is 17.5. The highest BCUT2D eigenvalue weighted by atomic mass is 16.4. The molecule has 1 aliphatic heterocycles. The third-order valence-corrected chi connectivity index (χ3v) is 5.28. The van der Waals surface area contributed by atoms with Gasteiger partial charge in [-0.2, -0.15) is 0 Å². The first-order chi connectivity index (χ1) is 12.0. The molecule has 1 saturated heterocycles. The number of carbonyl (C=O) groups excluding carboxylic acids is 2. The lowest BCUT2D eigenvalue weighted by Crippen LogP contribution is -2.40. The minimum absolute atomic E-state index is 0.00221. The van der Waals surface area contributed by atoms with Crippen LogP contribution in [-0.2, 0) is 14.4 Å². The van der Waals surface area contributed by atoms with Crippen molar-refractivity contribution in [2.24, 2.45) is 5.41 Å². The second kappa shape index (κ2) is 7.25. The molecule has 2 aliphatic rings. The quantitative estimate of drug-likeness (QED) is 0.829. The van der Waals surface area contributed by atoms with Crippen LogP contribution in [0.15, 0.2) is 30.3 Å². The van der Waals surface area contributed by atoms with E-state index in [1.807, 2.05) is 30.3 Å². The van der Waals surface area contributed by atoms with Crippen LogP contribution < -0.4 is 10.2 Å². The first-order valence-corrected chi connectivity index (χ1v) is 8.84. The Morgan fingerprint density at radius 2 is 1.84 bits per heavy atom. The maximum atomic E-state index is 12.5. The Labute approximate surface area is 147 Å². The molecule has 6 heteroatoms. The number of amides is 2. The molecule has 1 aliphatic carbocycles. The van der Waals surface area contributed by atoms with Gasteiger partial charge in [0.2, 0.25) is 11.8 Å². The number of rotatable bonds is 6. The van der Waals surface area contributed by atoms with E-state index in [0.717, 1.165) is 31.4 Å². The molecule has 6 nitrogen and oxygen atoms in total. The zero-order valence-corrected chi connectivity index (χ0v) is 14.2. The lowest BCUT2D eigenvalue weighted by atomic mass is 9.79. The third-order valence-electron chi connectivity index (χ3n) is 5.28. The Hall–Kier alpha value is -2.37. The number of anilines is 1. The normalized spacial score (nSPS) is 22.2. The van der Waals surface area contributed by atoms with E-state index in [9.17, 15) is 14.4 Å². The summed E-state index contributed by atoms with van der Waals surface area (Å²) < 4.78 is 0. The van der Waals surface area contributed by atoms with Gasteiger partial charge in [0.15, 0.2) is 0 Å². The van der Waals surface area contributed by atoms with Gasteiger partial charge in [0, 0.05) is 25.1 Å². The van der Waals surface area contributed by atoms with Gasteiger partial charge in [0.05, 0.1) is 12.5 Å². The Morgan fingerprint density at radius 1 is 1.16 bits per heavy atom. The van der Waals surface area contributed by atoms with E-state index in [-0.39, 0.29) is 37.1 Å². The van der Waals surface area contributed by atoms with Gasteiger partial charge >= 0.3 is 5.97 Å². The topological polar surface area (TPSA) is 86.7 Å². The first-order valence-electron chi connectivity index (χ1n) is 8.84. The summed E-state index contributed by atoms with van der Waals surface area (Å²) in [6.45, 7) is 0.459. The van der Waals surface area contributed by atoms with E-state index in [4.69, 9.17) is 5.11 Å². The third kappa shape index (κ3) is 4.18. The summed E-state index contributed by atoms with van der Waals surface area (Å²) in [5.74, 6) is -0.991. The number of benzene rings is 1. The minimum atomic E-state index is -0.846. The van der Waals surface area contributed by atoms with E-state index < -0.39 is 11.4 Å². The molecule has 0 aromatic heterocycles. The van der Waals surface area contributed by atoms with Crippen LogP contribution >= 0.6 is 0 Å². The number of carboxylic acid groups (broad SMARTS) is 1. The lowest BCUT2D eigenvalue weighted by Gasteiger charge is -2.27. The second-order valence-electron chi connectivity index (χ2n) is 7.26. The number of aliphatic carboxylic acids is 1. The van der Waals surface area contributed by atoms with Crippen LogP contribution in [0.1, 0.15) is 44.9 Å². The van der Waals surface area contributed by atoms with Gasteiger partial charge in [-0.15, -0.1) is 0 Å². The molecule has 0 radical (unpaired) electrons. The van der Waals surface area contributed by atoms with Crippen LogP contribution in [0.2, 0.25) is 0 Å². The van der Waals surface area contributed by atoms with Crippen molar-refractivity contribution in [3.8, 4) is 0 Å². The number of nitrogens with one attached hydrogen (secondary N) is 1. The van der Waals surface area contributed by atoms with E-state index in [1.165, 1.54) is 0 Å². The van der Waals surface area contributed by atoms with Gasteiger partial charge in [0.25, 0.3) is 0 Å². The fourth-order valence-electron chi connectivity index (χ4n) is 4.14. The van der Waals surface area contributed by atoms with Crippen LogP contribution in [0.3, 0.4) is 0 Å². The molecule has 1 aromatic carbocycles. The summed E-state index contributed by atoms with van der Waals surface area (Å²) in [4.78, 5) is 37.5. The molecule has 1 atom stereocenters. The summed E-state index contributed by atoms with van der Waals surface area (Å²) in [5.41, 5.74) is 0.417. The van der Waals surface area contributed by atoms with Gasteiger partial charge in [-0.25, -0.2) is 0 Å². The van der Waals surface area contributed by atoms with E-state index in [2.05, 4.69) is 5.32 Å². The Kier molecular flexibility index (Phi) is 5.06. The van der Waals surface area contributed by atoms with Crippen molar-refractivity contribution >= 4 is 23.5 Å². The summed E-state index contributed by atoms with van der Waals surface area (Å²) in [6, 6.07) is 9.19. The SMILES string of the molecule is O=C(O)CC1(CC(=O)NC2CC(=O)N(c3ccccc3)C2)CCCC1. The van der Waals surface area contributed by atoms with Gasteiger partial charge < -0.3 is 15.3 Å². The highest BCUT2D eigenvalue weighted by Gasteiger charge is 2.39. The summed E-state index contributed by atoms with van der Waals surface area (Å²) in [7, 11) is 0. The maximum absolute atomic E-state index is 12.5. The maximum Gasteiger partial charge on any atom is 0.303 e. The molecule has 1 unspecified atom stereocenters. The molecule has 0 bridgehead atoms. The van der Waals surface area contributed by atoms with Gasteiger partial charge in [-0.1, -0.05) is 31.0 Å². The molecule has 134 valence electrons. The summed E-state index contributed by atoms with van der Waals surface area (Å²) in [6.07, 6.45) is 4.08. The smallest absolute Gasteiger partial charge is 0.303 e. The van der Waals surface area contributed by atoms with Crippen molar-refractivity contribution in [2.75, 3.05) is 11.4 Å². The number of hydrogen-bond donors (Lipinski definition) is 2. The van der Waals surface area contributed by atoms with Crippen LogP contribution in [-0.4, -0.2) is 35.5 Å². The summed E-state index contributed by atoms with van der Waals surface area (Å²) in [5, 5.41) is 12.1. The molecule has 1 aromatic rings. The average Bonchev–Trinajstić information content (AvgIpc) is 3.14. The standard InChI is InChI=1S/C19H24N2O4/c22-16(11-19(12-18(24)25)8-4-5-9-19)20-14-10-17(23)21(13-14)15-6-2-1-3-7-15/h1-3,6-7,14H,4-5,8-13H2,(H,20,22)(H,24,25). The minimum Gasteiger partial charge on any atom is -0.481 e. The van der Waals surface area contributed by atoms with Crippen molar-refractivity contribution in [3.05, 3.63) is 30.3 Å². The Morgan fingerprint density at radius 3 is 2.48 bits per heavy atom. The fraction of sp³-hybridized carbons (Fsp3) is 0.526. The van der Waals surface area contributed by atoms with Crippen molar-refractivity contribution in [2.45, 2.75) is 51.0 Å². The lowest BCUT2D eigenvalue weighted by molar-refractivity contribution is -0.140. The van der Waals surface area contributed by atoms with Crippen molar-refractivity contribution in [1.82, 2.24) is 5.32 Å². The monoisotopic (exact) mass is 344 g/mol. The second-order valence-corrected chi connectivity index (χ2v) is 7.26. The van der Waals surface area contributed by atoms with Crippen molar-refractivity contribution in [3.63, 3.8) is 0 Å². The van der Waals surface area contributed by atoms with Crippen LogP contribution in [0.25, 0.3) is 0 Å². The number of carbonyl (C=O) groups is 3. The molecule has 3 rings (SSSR count). The van der Waals surface area contributed by atoms with Crippen molar-refractivity contribution in [1.29, 1.82) is 0 Å². The van der Waals surface area contributed by atoms with Gasteiger partial charge in [-0.3, -0.25) is 14.4 Å². The molecule has 0 spiro atoms. The van der Waals surface area contributed by atoms with Crippen LogP contribution in [0, 0.1) is 5.41 Å². The fourth-order valence-corrected chi connectivity index (χ4v) is 4.14. The van der Waals surface area contributed by atoms with Crippen LogP contribution in [0.5, 0.6) is 0 Å². The highest BCUT2D eigenvalue weighted by molar-refractivity contribution is 5.96. The average molecular weight is 344 g/mol. The van der Waals surface area contributed by atoms with Crippen molar-refractivity contribution < 1.29 is 19.5 Å². The Balaban J connectivity index is 1.58. The largest absolute Gasteiger partial charge is 0.481 e. The molecule has 2 amide bonds. The molecule has 2 fully saturated rings. The number of carboxylic acids is 1. The number of hydrogen-bond acceptors (Lipinski definition) is 3. The van der Waals surface area contributed by atoms with Gasteiger partial charge in [-0.05, 0) is 30.4 Å². The highest BCUT2D eigenvalue weighted by Crippen LogP contribution is 2.44.